The van der Waals surface area contributed by atoms with Crippen molar-refractivity contribution in [3.05, 3.63) is 0 Å². The third kappa shape index (κ3) is 9.13. The molecule has 1 rings (SSSR count). The SMILES string of the molecule is NC(N)=NCCCC(NC(=O)C1CCCN1C(=O)C(N)CS)C(=O)NC(CC(=O)O)C(=O)O. The maximum atomic E-state index is 12.9. The van der Waals surface area contributed by atoms with Crippen LogP contribution in [0.3, 0.4) is 0 Å². The number of carboxylic acid groups (broad SMARTS) is 2. The molecule has 4 unspecified atom stereocenters. The van der Waals surface area contributed by atoms with Crippen LogP contribution in [0.2, 0.25) is 0 Å². The monoisotopic (exact) mass is 489 g/mol. The van der Waals surface area contributed by atoms with Gasteiger partial charge in [0.2, 0.25) is 17.7 Å². The van der Waals surface area contributed by atoms with Gasteiger partial charge in [0, 0.05) is 18.8 Å². The summed E-state index contributed by atoms with van der Waals surface area (Å²) >= 11 is 4.00. The minimum Gasteiger partial charge on any atom is -0.481 e. The van der Waals surface area contributed by atoms with E-state index >= 15 is 0 Å². The number of amides is 3. The third-order valence-electron chi connectivity index (χ3n) is 4.92. The number of nitrogens with two attached hydrogens (primary N) is 3. The molecule has 1 aliphatic heterocycles. The molecule has 0 bridgehead atoms. The Balaban J connectivity index is 2.96. The molecule has 10 N–H and O–H groups in total. The lowest BCUT2D eigenvalue weighted by Gasteiger charge is -2.28. The van der Waals surface area contributed by atoms with Crippen LogP contribution < -0.4 is 27.8 Å². The van der Waals surface area contributed by atoms with Crippen LogP contribution in [0.4, 0.5) is 0 Å². The zero-order chi connectivity index (χ0) is 25.1. The Morgan fingerprint density at radius 3 is 2.33 bits per heavy atom. The van der Waals surface area contributed by atoms with Crippen LogP contribution >= 0.6 is 12.6 Å². The van der Waals surface area contributed by atoms with Gasteiger partial charge in [-0.3, -0.25) is 24.2 Å². The van der Waals surface area contributed by atoms with Crippen molar-refractivity contribution in [1.82, 2.24) is 15.5 Å². The quantitative estimate of drug-likeness (QED) is 0.0557. The summed E-state index contributed by atoms with van der Waals surface area (Å²) in [5.41, 5.74) is 16.3. The van der Waals surface area contributed by atoms with E-state index < -0.39 is 60.2 Å². The molecule has 3 amide bonds. The summed E-state index contributed by atoms with van der Waals surface area (Å²) in [4.78, 5) is 65.4. The van der Waals surface area contributed by atoms with Gasteiger partial charge in [-0.05, 0) is 25.7 Å². The maximum absolute atomic E-state index is 12.9. The predicted octanol–water partition coefficient (Wildman–Crippen LogP) is -3.18. The van der Waals surface area contributed by atoms with Gasteiger partial charge < -0.3 is 42.9 Å². The van der Waals surface area contributed by atoms with Crippen LogP contribution in [0.15, 0.2) is 4.99 Å². The van der Waals surface area contributed by atoms with Gasteiger partial charge in [-0.1, -0.05) is 0 Å². The topological polar surface area (TPSA) is 244 Å². The van der Waals surface area contributed by atoms with Crippen LogP contribution in [0.1, 0.15) is 32.1 Å². The van der Waals surface area contributed by atoms with Crippen molar-refractivity contribution in [2.75, 3.05) is 18.8 Å². The first-order valence-corrected chi connectivity index (χ1v) is 10.9. The van der Waals surface area contributed by atoms with Crippen molar-refractivity contribution >= 4 is 48.2 Å². The van der Waals surface area contributed by atoms with Gasteiger partial charge in [-0.15, -0.1) is 0 Å². The van der Waals surface area contributed by atoms with Crippen LogP contribution in [0.5, 0.6) is 0 Å². The van der Waals surface area contributed by atoms with E-state index in [1.807, 2.05) is 0 Å². The molecule has 0 radical (unpaired) electrons. The fourth-order valence-electron chi connectivity index (χ4n) is 3.28. The second-order valence-corrected chi connectivity index (χ2v) is 7.85. The lowest BCUT2D eigenvalue weighted by atomic mass is 10.1. The molecule has 0 aromatic carbocycles. The van der Waals surface area contributed by atoms with Crippen molar-refractivity contribution in [3.8, 4) is 0 Å². The molecule has 0 aromatic rings. The fourth-order valence-corrected chi connectivity index (χ4v) is 3.44. The zero-order valence-corrected chi connectivity index (χ0v) is 18.9. The number of hydrogen-bond acceptors (Lipinski definition) is 8. The Labute approximate surface area is 195 Å². The molecule has 186 valence electrons. The van der Waals surface area contributed by atoms with E-state index in [0.717, 1.165) is 0 Å². The van der Waals surface area contributed by atoms with Crippen molar-refractivity contribution in [2.45, 2.75) is 56.3 Å². The molecule has 1 aliphatic rings. The van der Waals surface area contributed by atoms with E-state index in [2.05, 4.69) is 28.3 Å². The molecule has 0 spiro atoms. The summed E-state index contributed by atoms with van der Waals surface area (Å²) in [6.45, 7) is 0.462. The number of aliphatic imine (C=N–C) groups is 1. The molecular weight excluding hydrogens is 458 g/mol. The van der Waals surface area contributed by atoms with Gasteiger partial charge in [0.05, 0.1) is 12.5 Å². The Morgan fingerprint density at radius 2 is 1.79 bits per heavy atom. The Morgan fingerprint density at radius 1 is 1.12 bits per heavy atom. The van der Waals surface area contributed by atoms with E-state index in [1.54, 1.807) is 0 Å². The highest BCUT2D eigenvalue weighted by atomic mass is 32.1. The molecule has 14 nitrogen and oxygen atoms in total. The van der Waals surface area contributed by atoms with E-state index in [0.29, 0.717) is 19.4 Å². The number of rotatable bonds is 13. The second kappa shape index (κ2) is 13.5. The van der Waals surface area contributed by atoms with Gasteiger partial charge in [0.25, 0.3) is 0 Å². The van der Waals surface area contributed by atoms with Crippen LogP contribution in [0.25, 0.3) is 0 Å². The number of thiol groups is 1. The van der Waals surface area contributed by atoms with E-state index in [4.69, 9.17) is 22.3 Å². The van der Waals surface area contributed by atoms with Crippen LogP contribution in [0, 0.1) is 0 Å². The van der Waals surface area contributed by atoms with E-state index in [-0.39, 0.29) is 31.1 Å². The highest BCUT2D eigenvalue weighted by Crippen LogP contribution is 2.19. The zero-order valence-electron chi connectivity index (χ0n) is 18.0. The number of nitrogens with zero attached hydrogens (tertiary/aromatic N) is 2. The van der Waals surface area contributed by atoms with Gasteiger partial charge in [0.15, 0.2) is 5.96 Å². The minimum absolute atomic E-state index is 0.0323. The summed E-state index contributed by atoms with van der Waals surface area (Å²) in [7, 11) is 0. The van der Waals surface area contributed by atoms with E-state index in [1.165, 1.54) is 4.90 Å². The lowest BCUT2D eigenvalue weighted by Crippen LogP contribution is -2.57. The Kier molecular flexibility index (Phi) is 11.4. The Bertz CT molecular complexity index is 775. The van der Waals surface area contributed by atoms with Crippen molar-refractivity contribution in [3.63, 3.8) is 0 Å². The van der Waals surface area contributed by atoms with Crippen molar-refractivity contribution in [1.29, 1.82) is 0 Å². The highest BCUT2D eigenvalue weighted by molar-refractivity contribution is 7.80. The minimum atomic E-state index is -1.69. The molecule has 1 heterocycles. The van der Waals surface area contributed by atoms with Crippen molar-refractivity contribution in [2.24, 2.45) is 22.2 Å². The smallest absolute Gasteiger partial charge is 0.326 e. The molecule has 0 saturated carbocycles. The van der Waals surface area contributed by atoms with Crippen LogP contribution in [-0.2, 0) is 24.0 Å². The molecule has 1 fully saturated rings. The first kappa shape index (κ1) is 28.0. The molecule has 0 aliphatic carbocycles. The number of likely N-dealkylation sites (tertiary alicyclic amines) is 1. The van der Waals surface area contributed by atoms with Gasteiger partial charge in [-0.25, -0.2) is 4.79 Å². The number of carbonyl (C=O) groups excluding carboxylic acids is 3. The standard InChI is InChI=1S/C18H31N7O7S/c19-9(8-33)16(30)25-6-2-4-12(25)15(29)23-10(3-1-5-22-18(20)21)14(28)24-11(17(31)32)7-13(26)27/h9-12,33H,1-8,19H2,(H,23,29)(H,24,28)(H,26,27)(H,31,32)(H4,20,21,22). The fraction of sp³-hybridized carbons (Fsp3) is 0.667. The molecule has 0 aromatic heterocycles. The highest BCUT2D eigenvalue weighted by Gasteiger charge is 2.37. The number of carbonyl (C=O) groups is 5. The summed E-state index contributed by atoms with van der Waals surface area (Å²) in [6.07, 6.45) is 0.359. The van der Waals surface area contributed by atoms with Crippen LogP contribution in [-0.4, -0.2) is 93.7 Å². The van der Waals surface area contributed by atoms with Gasteiger partial charge in [-0.2, -0.15) is 12.6 Å². The van der Waals surface area contributed by atoms with E-state index in [9.17, 15) is 29.1 Å². The first-order valence-electron chi connectivity index (χ1n) is 10.3. The lowest BCUT2D eigenvalue weighted by molar-refractivity contribution is -0.147. The normalized spacial score (nSPS) is 18.0. The Hall–Kier alpha value is -3.07. The molecular formula is C18H31N7O7S. The number of hydrogen-bond donors (Lipinski definition) is 8. The number of guanidine groups is 1. The third-order valence-corrected chi connectivity index (χ3v) is 5.32. The predicted molar refractivity (Wildman–Crippen MR) is 120 cm³/mol. The summed E-state index contributed by atoms with van der Waals surface area (Å²) in [5, 5.41) is 22.7. The molecule has 15 heteroatoms. The van der Waals surface area contributed by atoms with Gasteiger partial charge in [0.1, 0.15) is 18.1 Å². The molecule has 33 heavy (non-hydrogen) atoms. The number of carboxylic acids is 2. The average Bonchev–Trinajstić information content (AvgIpc) is 3.23. The number of aliphatic carboxylic acids is 2. The average molecular weight is 490 g/mol. The van der Waals surface area contributed by atoms with Gasteiger partial charge >= 0.3 is 11.9 Å². The second-order valence-electron chi connectivity index (χ2n) is 7.49. The summed E-state index contributed by atoms with van der Waals surface area (Å²) < 4.78 is 0. The summed E-state index contributed by atoms with van der Waals surface area (Å²) in [5.74, 6) is -4.96. The molecule has 4 atom stereocenters. The first-order chi connectivity index (χ1) is 15.5. The maximum Gasteiger partial charge on any atom is 0.326 e. The number of nitrogens with one attached hydrogen (secondary N) is 2. The van der Waals surface area contributed by atoms with Crippen molar-refractivity contribution < 1.29 is 34.2 Å². The molecule has 1 saturated heterocycles. The largest absolute Gasteiger partial charge is 0.481 e. The summed E-state index contributed by atoms with van der Waals surface area (Å²) in [6, 6.07) is -4.64.